The fourth-order valence-corrected chi connectivity index (χ4v) is 1.76. The smallest absolute Gasteiger partial charge is 0.238 e. The van der Waals surface area contributed by atoms with E-state index in [1.165, 1.54) is 17.1 Å². The lowest BCUT2D eigenvalue weighted by atomic mass is 9.92. The van der Waals surface area contributed by atoms with Crippen molar-refractivity contribution in [3.63, 3.8) is 0 Å². The lowest BCUT2D eigenvalue weighted by molar-refractivity contribution is -0.136. The maximum atomic E-state index is 12.7. The third-order valence-corrected chi connectivity index (χ3v) is 3.03. The highest BCUT2D eigenvalue weighted by Crippen LogP contribution is 2.28. The molecule has 9 heteroatoms. The van der Waals surface area contributed by atoms with E-state index in [-0.39, 0.29) is 5.82 Å². The summed E-state index contributed by atoms with van der Waals surface area (Å²) in [6, 6.07) is 0.838. The Hall–Kier alpha value is -1.15. The van der Waals surface area contributed by atoms with Gasteiger partial charge in [0, 0.05) is 12.4 Å². The molecule has 0 saturated heterocycles. The van der Waals surface area contributed by atoms with Crippen LogP contribution in [0.4, 0.5) is 13.2 Å². The molecule has 2 heterocycles. The van der Waals surface area contributed by atoms with E-state index in [1.54, 1.807) is 0 Å². The second kappa shape index (κ2) is 4.85. The molecule has 0 unspecified atom stereocenters. The Labute approximate surface area is 110 Å². The molecule has 0 saturated carbocycles. The van der Waals surface area contributed by atoms with Crippen molar-refractivity contribution < 1.29 is 13.2 Å². The number of hydrogen-bond donors (Lipinski definition) is 0. The fraction of sp³-hybridized carbons (Fsp3) is 0.111. The lowest BCUT2D eigenvalue weighted by Crippen LogP contribution is -2.21. The number of aromatic nitrogens is 3. The van der Waals surface area contributed by atoms with Gasteiger partial charge in [0.15, 0.2) is 5.82 Å². The van der Waals surface area contributed by atoms with Gasteiger partial charge in [-0.2, -0.15) is 18.3 Å². The Morgan fingerprint density at radius 3 is 2.61 bits per heavy atom. The summed E-state index contributed by atoms with van der Waals surface area (Å²) in [4.78, 5) is 4.39. The van der Waals surface area contributed by atoms with Gasteiger partial charge in [0.05, 0.1) is 16.7 Å². The molecular weight excluding hydrogens is 285 g/mol. The summed E-state index contributed by atoms with van der Waals surface area (Å²) in [5.41, 5.74) is -1.37. The molecule has 0 aliphatic rings. The molecule has 92 valence electrons. The summed E-state index contributed by atoms with van der Waals surface area (Å²) in [6.45, 7) is 0. The van der Waals surface area contributed by atoms with Crippen LogP contribution in [-0.2, 0) is 6.18 Å². The van der Waals surface area contributed by atoms with Crippen molar-refractivity contribution in [3.8, 4) is 5.82 Å². The highest BCUT2D eigenvalue weighted by molar-refractivity contribution is 8.21. The van der Waals surface area contributed by atoms with E-state index in [4.69, 9.17) is 18.5 Å². The molecule has 18 heavy (non-hydrogen) atoms. The normalized spacial score (nSPS) is 11.8. The van der Waals surface area contributed by atoms with E-state index < -0.39 is 17.2 Å². The Kier molecular flexibility index (Phi) is 3.58. The van der Waals surface area contributed by atoms with Crippen LogP contribution in [0.2, 0.25) is 0 Å². The first kappa shape index (κ1) is 13.3. The monoisotopic (exact) mass is 289 g/mol. The van der Waals surface area contributed by atoms with E-state index >= 15 is 0 Å². The Bertz CT molecular complexity index is 572. The van der Waals surface area contributed by atoms with E-state index in [2.05, 4.69) is 10.1 Å². The summed E-state index contributed by atoms with van der Waals surface area (Å²) in [7, 11) is 11.7. The minimum Gasteiger partial charge on any atom is -0.238 e. The maximum absolute atomic E-state index is 12.7. The number of nitrogens with zero attached hydrogens (tertiary/aromatic N) is 3. The molecule has 0 N–H and O–H groups in total. The molecule has 2 radical (unpaired) electrons. The SMILES string of the molecule is [B]c1cnc(-n2cc(SCl)cn2)cc1C(F)(F)F. The Morgan fingerprint density at radius 2 is 2.06 bits per heavy atom. The standard InChI is InChI=1S/C9H4BClF3N3S/c10-7-3-15-8(1-6(7)9(12,13)14)17-4-5(18-11)2-16-17/h1-4H. The van der Waals surface area contributed by atoms with E-state index in [1.807, 2.05) is 0 Å². The van der Waals surface area contributed by atoms with Crippen LogP contribution in [0.25, 0.3) is 5.82 Å². The first-order valence-electron chi connectivity index (χ1n) is 4.58. The van der Waals surface area contributed by atoms with Gasteiger partial charge in [0.2, 0.25) is 0 Å². The van der Waals surface area contributed by atoms with Gasteiger partial charge in [-0.1, -0.05) is 5.46 Å². The predicted molar refractivity (Wildman–Crippen MR) is 63.5 cm³/mol. The zero-order valence-electron chi connectivity index (χ0n) is 8.65. The molecule has 2 aromatic rings. The minimum atomic E-state index is -4.53. The van der Waals surface area contributed by atoms with Crippen LogP contribution in [0, 0.1) is 0 Å². The molecular formula is C9H4BClF3N3S. The van der Waals surface area contributed by atoms with Crippen LogP contribution in [0.1, 0.15) is 5.56 Å². The van der Waals surface area contributed by atoms with E-state index in [0.717, 1.165) is 23.2 Å². The zero-order chi connectivity index (χ0) is 13.3. The largest absolute Gasteiger partial charge is 0.416 e. The van der Waals surface area contributed by atoms with Crippen LogP contribution in [-0.4, -0.2) is 22.6 Å². The summed E-state index contributed by atoms with van der Waals surface area (Å²) >= 11 is 0. The molecule has 0 fully saturated rings. The molecule has 0 spiro atoms. The van der Waals surface area contributed by atoms with Gasteiger partial charge >= 0.3 is 6.18 Å². The molecule has 0 aliphatic heterocycles. The first-order chi connectivity index (χ1) is 8.41. The van der Waals surface area contributed by atoms with Crippen LogP contribution in [0.5, 0.6) is 0 Å². The average molecular weight is 289 g/mol. The molecule has 0 aromatic carbocycles. The van der Waals surface area contributed by atoms with Crippen LogP contribution >= 0.6 is 21.7 Å². The number of alkyl halides is 3. The molecule has 0 amide bonds. The number of rotatable bonds is 2. The van der Waals surface area contributed by atoms with Gasteiger partial charge in [-0.25, -0.2) is 9.67 Å². The molecule has 0 aliphatic carbocycles. The molecule has 2 rings (SSSR count). The van der Waals surface area contributed by atoms with Crippen LogP contribution in [0.3, 0.4) is 0 Å². The van der Waals surface area contributed by atoms with Crippen molar-refractivity contribution in [1.29, 1.82) is 0 Å². The Balaban J connectivity index is 2.47. The van der Waals surface area contributed by atoms with Gasteiger partial charge in [-0.3, -0.25) is 0 Å². The van der Waals surface area contributed by atoms with Crippen LogP contribution < -0.4 is 5.46 Å². The summed E-state index contributed by atoms with van der Waals surface area (Å²) < 4.78 is 39.2. The second-order valence-electron chi connectivity index (χ2n) is 3.33. The van der Waals surface area contributed by atoms with Crippen molar-refractivity contribution in [3.05, 3.63) is 30.2 Å². The highest BCUT2D eigenvalue weighted by Gasteiger charge is 2.32. The van der Waals surface area contributed by atoms with Gasteiger partial charge < -0.3 is 0 Å². The number of pyridine rings is 1. The molecule has 2 aromatic heterocycles. The molecule has 0 bridgehead atoms. The van der Waals surface area contributed by atoms with Crippen LogP contribution in [0.15, 0.2) is 29.6 Å². The average Bonchev–Trinajstić information content (AvgIpc) is 2.76. The third-order valence-electron chi connectivity index (χ3n) is 2.11. The summed E-state index contributed by atoms with van der Waals surface area (Å²) in [5, 5.41) is 3.85. The highest BCUT2D eigenvalue weighted by atomic mass is 35.7. The van der Waals surface area contributed by atoms with Gasteiger partial charge in [0.1, 0.15) is 7.85 Å². The predicted octanol–water partition coefficient (Wildman–Crippen LogP) is 2.33. The first-order valence-corrected chi connectivity index (χ1v) is 6.22. The quantitative estimate of drug-likeness (QED) is 0.795. The number of hydrogen-bond acceptors (Lipinski definition) is 3. The minimum absolute atomic E-state index is 0.0218. The second-order valence-corrected chi connectivity index (χ2v) is 4.41. The van der Waals surface area contributed by atoms with Gasteiger partial charge in [-0.15, -0.1) is 0 Å². The topological polar surface area (TPSA) is 30.7 Å². The fourth-order valence-electron chi connectivity index (χ4n) is 1.30. The van der Waals surface area contributed by atoms with Crippen molar-refractivity contribution in [2.24, 2.45) is 0 Å². The third kappa shape index (κ3) is 2.64. The Morgan fingerprint density at radius 1 is 1.33 bits per heavy atom. The summed E-state index contributed by atoms with van der Waals surface area (Å²) in [5.74, 6) is 0.0218. The van der Waals surface area contributed by atoms with Gasteiger partial charge in [-0.05, 0) is 27.7 Å². The van der Waals surface area contributed by atoms with Crippen molar-refractivity contribution >= 4 is 35.0 Å². The maximum Gasteiger partial charge on any atom is 0.416 e. The van der Waals surface area contributed by atoms with Crippen molar-refractivity contribution in [2.75, 3.05) is 0 Å². The molecule has 3 nitrogen and oxygen atoms in total. The van der Waals surface area contributed by atoms with E-state index in [0.29, 0.717) is 4.90 Å². The van der Waals surface area contributed by atoms with Crippen molar-refractivity contribution in [2.45, 2.75) is 11.1 Å². The van der Waals surface area contributed by atoms with E-state index in [9.17, 15) is 13.2 Å². The van der Waals surface area contributed by atoms with Gasteiger partial charge in [0.25, 0.3) is 0 Å². The summed E-state index contributed by atoms with van der Waals surface area (Å²) in [6.07, 6.45) is -0.689. The zero-order valence-corrected chi connectivity index (χ0v) is 10.2. The number of halogens is 4. The lowest BCUT2D eigenvalue weighted by Gasteiger charge is -2.11. The van der Waals surface area contributed by atoms with Crippen molar-refractivity contribution in [1.82, 2.24) is 14.8 Å². The molecule has 0 atom stereocenters.